The SMILES string of the molecule is COC(=O)NCCCc1cc([C@@H](C)N(C(=O)[C@H]2CC[C@@H](C)CO2)C2CC2)cc(C2CC2)n1. The van der Waals surface area contributed by atoms with E-state index in [4.69, 9.17) is 9.72 Å². The Labute approximate surface area is 191 Å². The van der Waals surface area contributed by atoms with Crippen molar-refractivity contribution in [2.24, 2.45) is 5.92 Å². The van der Waals surface area contributed by atoms with Gasteiger partial charge >= 0.3 is 6.09 Å². The second-order valence-corrected chi connectivity index (χ2v) is 9.77. The lowest BCUT2D eigenvalue weighted by Gasteiger charge is -2.35. The molecule has 1 aromatic heterocycles. The summed E-state index contributed by atoms with van der Waals surface area (Å²) >= 11 is 0. The Balaban J connectivity index is 1.48. The number of amides is 2. The maximum absolute atomic E-state index is 13.5. The van der Waals surface area contributed by atoms with Gasteiger partial charge in [-0.2, -0.15) is 0 Å². The first-order valence-electron chi connectivity index (χ1n) is 12.2. The number of hydrogen-bond donors (Lipinski definition) is 1. The number of aromatic nitrogens is 1. The Bertz CT molecular complexity index is 813. The first-order chi connectivity index (χ1) is 15.5. The lowest BCUT2D eigenvalue weighted by atomic mass is 9.98. The fourth-order valence-corrected chi connectivity index (χ4v) is 4.57. The van der Waals surface area contributed by atoms with Crippen LogP contribution in [0.5, 0.6) is 0 Å². The summed E-state index contributed by atoms with van der Waals surface area (Å²) in [5, 5.41) is 2.73. The van der Waals surface area contributed by atoms with Gasteiger partial charge in [-0.25, -0.2) is 4.79 Å². The van der Waals surface area contributed by atoms with Crippen molar-refractivity contribution in [1.82, 2.24) is 15.2 Å². The second-order valence-electron chi connectivity index (χ2n) is 9.77. The Morgan fingerprint density at radius 1 is 1.22 bits per heavy atom. The third-order valence-electron chi connectivity index (χ3n) is 6.85. The predicted octanol–water partition coefficient (Wildman–Crippen LogP) is 4.11. The fraction of sp³-hybridized carbons (Fsp3) is 0.720. The van der Waals surface area contributed by atoms with Gasteiger partial charge in [0.2, 0.25) is 0 Å². The van der Waals surface area contributed by atoms with Crippen molar-refractivity contribution in [2.75, 3.05) is 20.3 Å². The van der Waals surface area contributed by atoms with Gasteiger partial charge in [0.25, 0.3) is 5.91 Å². The van der Waals surface area contributed by atoms with E-state index in [2.05, 4.69) is 40.9 Å². The largest absolute Gasteiger partial charge is 0.453 e. The van der Waals surface area contributed by atoms with Crippen LogP contribution < -0.4 is 5.32 Å². The summed E-state index contributed by atoms with van der Waals surface area (Å²) < 4.78 is 10.6. The van der Waals surface area contributed by atoms with E-state index in [9.17, 15) is 9.59 Å². The van der Waals surface area contributed by atoms with Crippen LogP contribution in [0.3, 0.4) is 0 Å². The van der Waals surface area contributed by atoms with E-state index in [1.54, 1.807) is 0 Å². The quantitative estimate of drug-likeness (QED) is 0.581. The maximum Gasteiger partial charge on any atom is 0.406 e. The standard InChI is InChI=1S/C25H37N3O4/c1-16-6-11-23(32-15-16)24(29)28(21-9-10-21)17(2)19-13-20(5-4-12-26-25(30)31-3)27-22(14-19)18-7-8-18/h13-14,16-18,21,23H,4-12,15H2,1-3H3,(H,26,30)/t16-,17-,23-/m1/s1. The molecule has 0 radical (unpaired) electrons. The molecule has 0 unspecified atom stereocenters. The minimum Gasteiger partial charge on any atom is -0.453 e. The number of methoxy groups -OCH3 is 1. The molecule has 0 bridgehead atoms. The fourth-order valence-electron chi connectivity index (χ4n) is 4.57. The zero-order valence-corrected chi connectivity index (χ0v) is 19.6. The second kappa shape index (κ2) is 10.2. The van der Waals surface area contributed by atoms with Gasteiger partial charge in [-0.15, -0.1) is 0 Å². The average Bonchev–Trinajstić information content (AvgIpc) is 3.70. The number of nitrogens with one attached hydrogen (secondary N) is 1. The lowest BCUT2D eigenvalue weighted by Crippen LogP contribution is -2.45. The first-order valence-corrected chi connectivity index (χ1v) is 12.2. The molecule has 2 saturated carbocycles. The average molecular weight is 444 g/mol. The number of alkyl carbamates (subject to hydrolysis) is 1. The summed E-state index contributed by atoms with van der Waals surface area (Å²) in [6.07, 6.45) is 7.26. The third-order valence-corrected chi connectivity index (χ3v) is 6.85. The first kappa shape index (κ1) is 23.0. The summed E-state index contributed by atoms with van der Waals surface area (Å²) in [6.45, 7) is 5.56. The molecule has 1 saturated heterocycles. The molecular formula is C25H37N3O4. The number of ether oxygens (including phenoxy) is 2. The highest BCUT2D eigenvalue weighted by atomic mass is 16.5. The number of hydrogen-bond acceptors (Lipinski definition) is 5. The topological polar surface area (TPSA) is 80.8 Å². The molecule has 2 heterocycles. The zero-order valence-electron chi connectivity index (χ0n) is 19.6. The molecule has 1 aromatic rings. The van der Waals surface area contributed by atoms with E-state index < -0.39 is 6.09 Å². The molecule has 0 aromatic carbocycles. The maximum atomic E-state index is 13.5. The van der Waals surface area contributed by atoms with Crippen molar-refractivity contribution in [3.63, 3.8) is 0 Å². The number of pyridine rings is 1. The van der Waals surface area contributed by atoms with Crippen LogP contribution in [0.1, 0.15) is 87.7 Å². The highest BCUT2D eigenvalue weighted by Crippen LogP contribution is 2.41. The van der Waals surface area contributed by atoms with Crippen LogP contribution in [0.25, 0.3) is 0 Å². The molecule has 0 spiro atoms. The van der Waals surface area contributed by atoms with E-state index in [1.807, 2.05) is 0 Å². The molecule has 3 fully saturated rings. The van der Waals surface area contributed by atoms with Gasteiger partial charge in [0, 0.05) is 29.9 Å². The Hall–Kier alpha value is -2.15. The predicted molar refractivity (Wildman–Crippen MR) is 121 cm³/mol. The molecule has 1 aliphatic heterocycles. The van der Waals surface area contributed by atoms with Crippen molar-refractivity contribution >= 4 is 12.0 Å². The van der Waals surface area contributed by atoms with Crippen LogP contribution in [0.15, 0.2) is 12.1 Å². The van der Waals surface area contributed by atoms with Crippen molar-refractivity contribution in [1.29, 1.82) is 0 Å². The number of carbonyl (C=O) groups is 2. The summed E-state index contributed by atoms with van der Waals surface area (Å²) in [7, 11) is 1.37. The monoisotopic (exact) mass is 443 g/mol. The smallest absolute Gasteiger partial charge is 0.406 e. The van der Waals surface area contributed by atoms with Gasteiger partial charge in [-0.05, 0) is 81.9 Å². The van der Waals surface area contributed by atoms with Gasteiger partial charge < -0.3 is 19.7 Å². The van der Waals surface area contributed by atoms with Crippen molar-refractivity contribution in [3.8, 4) is 0 Å². The van der Waals surface area contributed by atoms with E-state index in [1.165, 1.54) is 25.5 Å². The summed E-state index contributed by atoms with van der Waals surface area (Å²) in [5.74, 6) is 1.23. The number of carbonyl (C=O) groups excluding carboxylic acids is 2. The molecule has 3 aliphatic rings. The van der Waals surface area contributed by atoms with Gasteiger partial charge in [0.05, 0.1) is 19.8 Å². The highest BCUT2D eigenvalue weighted by molar-refractivity contribution is 5.82. The van der Waals surface area contributed by atoms with E-state index in [0.717, 1.165) is 49.9 Å². The molecule has 2 amide bonds. The molecular weight excluding hydrogens is 406 g/mol. The molecule has 7 nitrogen and oxygen atoms in total. The lowest BCUT2D eigenvalue weighted by molar-refractivity contribution is -0.151. The Morgan fingerprint density at radius 3 is 2.62 bits per heavy atom. The van der Waals surface area contributed by atoms with Gasteiger partial charge in [0.1, 0.15) is 6.10 Å². The van der Waals surface area contributed by atoms with Crippen molar-refractivity contribution in [2.45, 2.75) is 89.3 Å². The number of rotatable bonds is 9. The number of nitrogens with zero attached hydrogens (tertiary/aromatic N) is 2. The summed E-state index contributed by atoms with van der Waals surface area (Å²) in [6, 6.07) is 4.70. The van der Waals surface area contributed by atoms with Crippen LogP contribution in [0.2, 0.25) is 0 Å². The molecule has 3 atom stereocenters. The van der Waals surface area contributed by atoms with Crippen molar-refractivity contribution in [3.05, 3.63) is 29.1 Å². The van der Waals surface area contributed by atoms with Gasteiger partial charge in [-0.3, -0.25) is 9.78 Å². The Morgan fingerprint density at radius 2 is 2.00 bits per heavy atom. The normalized spacial score (nSPS) is 24.0. The molecule has 176 valence electrons. The van der Waals surface area contributed by atoms with Gasteiger partial charge in [-0.1, -0.05) is 6.92 Å². The molecule has 4 rings (SSSR count). The summed E-state index contributed by atoms with van der Waals surface area (Å²) in [4.78, 5) is 31.7. The minimum atomic E-state index is -0.406. The highest BCUT2D eigenvalue weighted by Gasteiger charge is 2.40. The molecule has 2 aliphatic carbocycles. The van der Waals surface area contributed by atoms with E-state index in [-0.39, 0.29) is 18.1 Å². The van der Waals surface area contributed by atoms with Crippen LogP contribution in [-0.4, -0.2) is 54.3 Å². The molecule has 1 N–H and O–H groups in total. The third kappa shape index (κ3) is 5.80. The van der Waals surface area contributed by atoms with Gasteiger partial charge in [0.15, 0.2) is 0 Å². The zero-order chi connectivity index (χ0) is 22.7. The van der Waals surface area contributed by atoms with Crippen LogP contribution in [0, 0.1) is 5.92 Å². The van der Waals surface area contributed by atoms with E-state index in [0.29, 0.717) is 31.0 Å². The Kier molecular flexibility index (Phi) is 7.33. The number of aryl methyl sites for hydroxylation is 1. The summed E-state index contributed by atoms with van der Waals surface area (Å²) in [5.41, 5.74) is 3.35. The molecule has 7 heteroatoms. The van der Waals surface area contributed by atoms with E-state index >= 15 is 0 Å². The van der Waals surface area contributed by atoms with Crippen molar-refractivity contribution < 1.29 is 19.1 Å². The van der Waals surface area contributed by atoms with Crippen LogP contribution in [-0.2, 0) is 20.7 Å². The molecule has 32 heavy (non-hydrogen) atoms. The minimum absolute atomic E-state index is 0.00499. The van der Waals surface area contributed by atoms with Crippen LogP contribution in [0.4, 0.5) is 4.79 Å². The van der Waals surface area contributed by atoms with Crippen LogP contribution >= 0.6 is 0 Å².